The zero-order chi connectivity index (χ0) is 18.0. The Morgan fingerprint density at radius 3 is 2.84 bits per heavy atom. The Labute approximate surface area is 148 Å². The van der Waals surface area contributed by atoms with Crippen molar-refractivity contribution in [2.45, 2.75) is 52.4 Å². The number of para-hydroxylation sites is 1. The van der Waals surface area contributed by atoms with Gasteiger partial charge in [-0.3, -0.25) is 4.79 Å². The summed E-state index contributed by atoms with van der Waals surface area (Å²) in [7, 11) is 0. The van der Waals surface area contributed by atoms with Gasteiger partial charge < -0.3 is 19.2 Å². The van der Waals surface area contributed by atoms with Crippen molar-refractivity contribution in [1.82, 2.24) is 4.90 Å². The highest BCUT2D eigenvalue weighted by molar-refractivity contribution is 5.99. The van der Waals surface area contributed by atoms with Crippen LogP contribution in [0, 0.1) is 5.92 Å². The van der Waals surface area contributed by atoms with Crippen LogP contribution in [-0.4, -0.2) is 41.2 Å². The SMILES string of the molecule is CC(C)OCc1c(C(=O)N2CCCC(C(C)O)C2)oc2ccccc12. The third kappa shape index (κ3) is 3.88. The quantitative estimate of drug-likeness (QED) is 0.899. The van der Waals surface area contributed by atoms with E-state index in [4.69, 9.17) is 9.15 Å². The Morgan fingerprint density at radius 1 is 1.36 bits per heavy atom. The first-order valence-electron chi connectivity index (χ1n) is 9.06. The van der Waals surface area contributed by atoms with Crippen LogP contribution < -0.4 is 0 Å². The number of aliphatic hydroxyl groups is 1. The lowest BCUT2D eigenvalue weighted by Gasteiger charge is -2.33. The van der Waals surface area contributed by atoms with Gasteiger partial charge in [0.05, 0.1) is 18.8 Å². The van der Waals surface area contributed by atoms with E-state index in [1.165, 1.54) is 0 Å². The fraction of sp³-hybridized carbons (Fsp3) is 0.550. The number of carbonyl (C=O) groups excluding carboxylic acids is 1. The topological polar surface area (TPSA) is 62.9 Å². The molecule has 0 bridgehead atoms. The van der Waals surface area contributed by atoms with Crippen molar-refractivity contribution in [2.75, 3.05) is 13.1 Å². The van der Waals surface area contributed by atoms with Crippen LogP contribution in [0.15, 0.2) is 28.7 Å². The fourth-order valence-electron chi connectivity index (χ4n) is 3.40. The van der Waals surface area contributed by atoms with Crippen molar-refractivity contribution in [2.24, 2.45) is 5.92 Å². The summed E-state index contributed by atoms with van der Waals surface area (Å²) in [6.07, 6.45) is 1.52. The number of aliphatic hydroxyl groups excluding tert-OH is 1. The molecule has 1 amide bonds. The number of carbonyl (C=O) groups is 1. The summed E-state index contributed by atoms with van der Waals surface area (Å²) in [6.45, 7) is 7.36. The van der Waals surface area contributed by atoms with E-state index in [9.17, 15) is 9.90 Å². The lowest BCUT2D eigenvalue weighted by molar-refractivity contribution is 0.0426. The number of fused-ring (bicyclic) bond motifs is 1. The molecule has 25 heavy (non-hydrogen) atoms. The van der Waals surface area contributed by atoms with Gasteiger partial charge in [-0.25, -0.2) is 0 Å². The molecular formula is C20H27NO4. The van der Waals surface area contributed by atoms with Crippen molar-refractivity contribution in [3.8, 4) is 0 Å². The Kier molecular flexibility index (Phi) is 5.45. The van der Waals surface area contributed by atoms with Crippen LogP contribution in [0.5, 0.6) is 0 Å². The number of rotatable bonds is 5. The smallest absolute Gasteiger partial charge is 0.290 e. The van der Waals surface area contributed by atoms with Gasteiger partial charge >= 0.3 is 0 Å². The Morgan fingerprint density at radius 2 is 2.12 bits per heavy atom. The second-order valence-electron chi connectivity index (χ2n) is 7.16. The maximum Gasteiger partial charge on any atom is 0.290 e. The lowest BCUT2D eigenvalue weighted by Crippen LogP contribution is -2.43. The zero-order valence-corrected chi connectivity index (χ0v) is 15.2. The normalized spacial score (nSPS) is 19.6. The first-order valence-corrected chi connectivity index (χ1v) is 9.06. The number of furan rings is 1. The minimum atomic E-state index is -0.407. The lowest BCUT2D eigenvalue weighted by atomic mass is 9.93. The molecule has 0 saturated carbocycles. The minimum absolute atomic E-state index is 0.0752. The molecule has 5 nitrogen and oxygen atoms in total. The summed E-state index contributed by atoms with van der Waals surface area (Å²) in [6, 6.07) is 7.68. The molecule has 1 saturated heterocycles. The molecule has 2 heterocycles. The number of hydrogen-bond donors (Lipinski definition) is 1. The number of hydrogen-bond acceptors (Lipinski definition) is 4. The Bertz CT molecular complexity index is 734. The maximum atomic E-state index is 13.1. The molecule has 2 aromatic rings. The third-order valence-corrected chi connectivity index (χ3v) is 4.88. The number of piperidine rings is 1. The Hall–Kier alpha value is -1.85. The third-order valence-electron chi connectivity index (χ3n) is 4.88. The molecule has 0 spiro atoms. The van der Waals surface area contributed by atoms with Crippen LogP contribution in [0.25, 0.3) is 11.0 Å². The van der Waals surface area contributed by atoms with Crippen LogP contribution >= 0.6 is 0 Å². The standard InChI is InChI=1S/C20H27NO4/c1-13(2)24-12-17-16-8-4-5-9-18(16)25-19(17)20(23)21-10-6-7-15(11-21)14(3)22/h4-5,8-9,13-15,22H,6-7,10-12H2,1-3H3. The van der Waals surface area contributed by atoms with Crippen LogP contribution in [-0.2, 0) is 11.3 Å². The molecule has 1 aliphatic heterocycles. The van der Waals surface area contributed by atoms with E-state index >= 15 is 0 Å². The highest BCUT2D eigenvalue weighted by Crippen LogP contribution is 2.29. The fourth-order valence-corrected chi connectivity index (χ4v) is 3.40. The summed E-state index contributed by atoms with van der Waals surface area (Å²) in [5, 5.41) is 10.8. The largest absolute Gasteiger partial charge is 0.451 e. The monoisotopic (exact) mass is 345 g/mol. The molecule has 0 aliphatic carbocycles. The molecule has 1 fully saturated rings. The molecule has 1 aromatic heterocycles. The van der Waals surface area contributed by atoms with E-state index in [1.54, 1.807) is 11.8 Å². The van der Waals surface area contributed by atoms with Crippen molar-refractivity contribution >= 4 is 16.9 Å². The van der Waals surface area contributed by atoms with Crippen molar-refractivity contribution in [3.63, 3.8) is 0 Å². The van der Waals surface area contributed by atoms with Gasteiger partial charge in [0.15, 0.2) is 5.76 Å². The van der Waals surface area contributed by atoms with Crippen molar-refractivity contribution in [1.29, 1.82) is 0 Å². The number of likely N-dealkylation sites (tertiary alicyclic amines) is 1. The molecule has 2 atom stereocenters. The molecule has 1 N–H and O–H groups in total. The highest BCUT2D eigenvalue weighted by atomic mass is 16.5. The number of nitrogens with zero attached hydrogens (tertiary/aromatic N) is 1. The summed E-state index contributed by atoms with van der Waals surface area (Å²) in [4.78, 5) is 14.9. The first-order chi connectivity index (χ1) is 12.0. The van der Waals surface area contributed by atoms with Crippen LogP contribution in [0.1, 0.15) is 49.7 Å². The summed E-state index contributed by atoms with van der Waals surface area (Å²) < 4.78 is 11.7. The summed E-state index contributed by atoms with van der Waals surface area (Å²) in [5.74, 6) is 0.384. The summed E-state index contributed by atoms with van der Waals surface area (Å²) >= 11 is 0. The average molecular weight is 345 g/mol. The van der Waals surface area contributed by atoms with E-state index < -0.39 is 6.10 Å². The first kappa shape index (κ1) is 18.0. The van der Waals surface area contributed by atoms with Crippen LogP contribution in [0.4, 0.5) is 0 Å². The van der Waals surface area contributed by atoms with Crippen LogP contribution in [0.3, 0.4) is 0 Å². The predicted octanol–water partition coefficient (Wildman–Crippen LogP) is 3.59. The van der Waals surface area contributed by atoms with Crippen molar-refractivity contribution in [3.05, 3.63) is 35.6 Å². The highest BCUT2D eigenvalue weighted by Gasteiger charge is 2.30. The van der Waals surface area contributed by atoms with Crippen LogP contribution in [0.2, 0.25) is 0 Å². The van der Waals surface area contributed by atoms with Gasteiger partial charge in [0.25, 0.3) is 5.91 Å². The molecular weight excluding hydrogens is 318 g/mol. The van der Waals surface area contributed by atoms with Gasteiger partial charge in [-0.05, 0) is 39.7 Å². The number of benzene rings is 1. The molecule has 1 aromatic carbocycles. The van der Waals surface area contributed by atoms with Gasteiger partial charge in [0.2, 0.25) is 0 Å². The summed E-state index contributed by atoms with van der Waals surface area (Å²) in [5.41, 5.74) is 1.52. The van der Waals surface area contributed by atoms with E-state index in [0.717, 1.165) is 23.8 Å². The molecule has 1 aliphatic rings. The van der Waals surface area contributed by atoms with E-state index in [-0.39, 0.29) is 17.9 Å². The predicted molar refractivity (Wildman–Crippen MR) is 96.4 cm³/mol. The zero-order valence-electron chi connectivity index (χ0n) is 15.2. The van der Waals surface area contributed by atoms with Gasteiger partial charge in [0, 0.05) is 30.0 Å². The minimum Gasteiger partial charge on any atom is -0.451 e. The molecule has 2 unspecified atom stereocenters. The molecule has 3 rings (SSSR count). The number of amides is 1. The van der Waals surface area contributed by atoms with Gasteiger partial charge in [-0.1, -0.05) is 18.2 Å². The van der Waals surface area contributed by atoms with Crippen molar-refractivity contribution < 1.29 is 19.1 Å². The van der Waals surface area contributed by atoms with E-state index in [2.05, 4.69) is 0 Å². The van der Waals surface area contributed by atoms with Gasteiger partial charge in [0.1, 0.15) is 5.58 Å². The Balaban J connectivity index is 1.91. The van der Waals surface area contributed by atoms with E-state index in [1.807, 2.05) is 38.1 Å². The average Bonchev–Trinajstić information content (AvgIpc) is 2.98. The maximum absolute atomic E-state index is 13.1. The number of ether oxygens (including phenoxy) is 1. The second-order valence-corrected chi connectivity index (χ2v) is 7.16. The molecule has 5 heteroatoms. The van der Waals surface area contributed by atoms with Gasteiger partial charge in [-0.2, -0.15) is 0 Å². The van der Waals surface area contributed by atoms with E-state index in [0.29, 0.717) is 31.0 Å². The second kappa shape index (κ2) is 7.58. The molecule has 136 valence electrons. The van der Waals surface area contributed by atoms with Gasteiger partial charge in [-0.15, -0.1) is 0 Å². The molecule has 0 radical (unpaired) electrons.